The summed E-state index contributed by atoms with van der Waals surface area (Å²) >= 11 is 0. The van der Waals surface area contributed by atoms with Crippen LogP contribution in [0.3, 0.4) is 0 Å². The van der Waals surface area contributed by atoms with Crippen molar-refractivity contribution in [2.75, 3.05) is 0 Å². The quantitative estimate of drug-likeness (QED) is 0.105. The number of hydrogen-bond acceptors (Lipinski definition) is 18. The van der Waals surface area contributed by atoms with Gasteiger partial charge >= 0.3 is 42.7 Å². The van der Waals surface area contributed by atoms with Gasteiger partial charge in [-0.3, -0.25) is 0 Å². The third-order valence-corrected chi connectivity index (χ3v) is 23.5. The van der Waals surface area contributed by atoms with Crippen LogP contribution in [0.1, 0.15) is 177 Å². The second-order valence-corrected chi connectivity index (χ2v) is 34.3. The minimum Gasteiger partial charge on any atom is -0.465 e. The Hall–Kier alpha value is -6.75. The number of furan rings is 6. The molecule has 0 aliphatic carbocycles. The van der Waals surface area contributed by atoms with Gasteiger partial charge in [-0.15, -0.1) is 0 Å². The number of rotatable bonds is 12. The molecule has 0 saturated carbocycles. The van der Waals surface area contributed by atoms with Crippen LogP contribution < -0.4 is 34.0 Å². The van der Waals surface area contributed by atoms with Gasteiger partial charge < -0.3 is 82.4 Å². The van der Waals surface area contributed by atoms with E-state index in [0.29, 0.717) is 102 Å². The molecule has 24 heteroatoms. The van der Waals surface area contributed by atoms with E-state index in [-0.39, 0.29) is 0 Å². The average molecular weight is 1410 g/mol. The fourth-order valence-corrected chi connectivity index (χ4v) is 12.7. The summed E-state index contributed by atoms with van der Waals surface area (Å²) in [7, 11) is -5.40. The highest BCUT2D eigenvalue weighted by atomic mass is 16.7. The molecule has 3 aromatic carbocycles. The minimum absolute atomic E-state index is 0.355. The van der Waals surface area contributed by atoms with Crippen LogP contribution in [-0.2, 0) is 55.9 Å². The molecule has 6 aromatic heterocycles. The van der Waals surface area contributed by atoms with Gasteiger partial charge in [0.05, 0.1) is 67.2 Å². The van der Waals surface area contributed by atoms with Crippen LogP contribution >= 0.6 is 0 Å². The van der Waals surface area contributed by atoms with Gasteiger partial charge in [-0.25, -0.2) is 0 Å². The number of aryl methyl sites for hydroxylation is 2. The first-order chi connectivity index (χ1) is 48.2. The van der Waals surface area contributed by atoms with Crippen molar-refractivity contribution in [2.24, 2.45) is 0 Å². The molecule has 9 aromatic rings. The van der Waals surface area contributed by atoms with Crippen molar-refractivity contribution in [2.45, 2.75) is 247 Å². The molecule has 0 N–H and O–H groups in total. The Labute approximate surface area is 615 Å². The lowest BCUT2D eigenvalue weighted by atomic mass is 9.81. The van der Waals surface area contributed by atoms with Crippen molar-refractivity contribution in [3.8, 4) is 67.9 Å². The third kappa shape index (κ3) is 13.6. The summed E-state index contributed by atoms with van der Waals surface area (Å²) in [6, 6.07) is 43.1. The van der Waals surface area contributed by atoms with E-state index in [0.717, 1.165) is 0 Å². The van der Waals surface area contributed by atoms with E-state index in [1.807, 2.05) is 275 Å². The van der Waals surface area contributed by atoms with Gasteiger partial charge in [0, 0.05) is 33.4 Å². The molecule has 6 aliphatic heterocycles. The van der Waals surface area contributed by atoms with Crippen LogP contribution in [0.5, 0.6) is 0 Å². The molecule has 0 radical (unpaired) electrons. The second-order valence-electron chi connectivity index (χ2n) is 34.3. The summed E-state index contributed by atoms with van der Waals surface area (Å²) in [5, 5.41) is 0. The summed E-state index contributed by atoms with van der Waals surface area (Å²) in [5.41, 5.74) is -0.573. The highest BCUT2D eigenvalue weighted by molar-refractivity contribution is 6.63. The molecule has 18 nitrogen and oxygen atoms in total. The Morgan fingerprint density at radius 3 is 0.404 bits per heavy atom. The largest absolute Gasteiger partial charge is 0.532 e. The van der Waals surface area contributed by atoms with Crippen molar-refractivity contribution in [3.05, 3.63) is 145 Å². The zero-order valence-electron chi connectivity index (χ0n) is 65.5. The molecule has 0 unspecified atom stereocenters. The molecule has 0 atom stereocenters. The molecular weight excluding hydrogens is 1310 g/mol. The van der Waals surface area contributed by atoms with E-state index in [9.17, 15) is 0 Å². The first-order valence-electron chi connectivity index (χ1n) is 36.2. The first-order valence-corrected chi connectivity index (χ1v) is 36.2. The van der Waals surface area contributed by atoms with E-state index in [4.69, 9.17) is 82.4 Å². The predicted molar refractivity (Wildman–Crippen MR) is 409 cm³/mol. The van der Waals surface area contributed by atoms with Gasteiger partial charge in [0.25, 0.3) is 0 Å². The van der Waals surface area contributed by atoms with E-state index >= 15 is 0 Å². The van der Waals surface area contributed by atoms with E-state index < -0.39 is 110 Å². The lowest BCUT2D eigenvalue weighted by Gasteiger charge is -2.32. The van der Waals surface area contributed by atoms with Crippen molar-refractivity contribution >= 4 is 76.7 Å². The molecule has 15 rings (SSSR count). The van der Waals surface area contributed by atoms with E-state index in [2.05, 4.69) is 38.1 Å². The van der Waals surface area contributed by atoms with E-state index in [1.54, 1.807) is 0 Å². The second kappa shape index (κ2) is 26.0. The van der Waals surface area contributed by atoms with Gasteiger partial charge in [-0.05, 0) is 253 Å². The number of benzene rings is 3. The molecule has 0 bridgehead atoms. The zero-order chi connectivity index (χ0) is 75.3. The van der Waals surface area contributed by atoms with Gasteiger partial charge in [-0.2, -0.15) is 0 Å². The lowest BCUT2D eigenvalue weighted by Crippen LogP contribution is -2.41. The van der Waals surface area contributed by atoms with Crippen molar-refractivity contribution in [1.29, 1.82) is 0 Å². The first kappa shape index (κ1) is 75.5. The van der Waals surface area contributed by atoms with Crippen molar-refractivity contribution in [3.63, 3.8) is 0 Å². The van der Waals surface area contributed by atoms with E-state index in [1.165, 1.54) is 11.1 Å². The zero-order valence-corrected chi connectivity index (χ0v) is 65.5. The van der Waals surface area contributed by atoms with Crippen molar-refractivity contribution in [1.82, 2.24) is 0 Å². The molecule has 546 valence electrons. The Bertz CT molecular complexity index is 3790. The number of hydrogen-bond donors (Lipinski definition) is 0. The van der Waals surface area contributed by atoms with Crippen LogP contribution in [0.4, 0.5) is 0 Å². The Balaban J connectivity index is 0.000000616. The monoisotopic (exact) mass is 1410 g/mol. The summed E-state index contributed by atoms with van der Waals surface area (Å²) in [5.74, 6) is 2.13. The molecular formula is C80H100B6O18. The Morgan fingerprint density at radius 2 is 0.298 bits per heavy atom. The maximum absolute atomic E-state index is 7.26. The standard InChI is InChI=1S/C66H84B6O18.2C7H8/c1-55(2)56(3,4)80-67(79-55)43-31-25-37(73-43)49-50(38-26-32-44(74-38)68-81-57(5,6)58(7,8)82-68)52(40-28-34-46(76-40)70-85-61(13,14)62(15,16)86-70)54(42-30-36-48(78-42)72-89-65(21,22)66(23,24)90-72)53(41-29-35-47(77-41)71-87-63(17,18)64(19,20)88-71)51(49)39-27-33-45(75-39)69-83-59(9,10)60(11,12)84-69;2*1-7-5-3-2-4-6-7/h25-36H,1-24H3;2*2-6H,1H3. The highest BCUT2D eigenvalue weighted by Gasteiger charge is 2.59. The maximum Gasteiger partial charge on any atom is 0.532 e. The normalized spacial score (nSPS) is 22.3. The fourth-order valence-electron chi connectivity index (χ4n) is 12.7. The summed E-state index contributed by atoms with van der Waals surface area (Å²) in [6.07, 6.45) is 0. The highest BCUT2D eigenvalue weighted by Crippen LogP contribution is 2.57. The summed E-state index contributed by atoms with van der Waals surface area (Å²) in [4.78, 5) is 0. The molecule has 104 heavy (non-hydrogen) atoms. The molecule has 12 heterocycles. The van der Waals surface area contributed by atoms with Crippen LogP contribution in [0.15, 0.2) is 160 Å². The average Bonchev–Trinajstić information content (AvgIpc) is 1.38. The Morgan fingerprint density at radius 1 is 0.173 bits per heavy atom. The van der Waals surface area contributed by atoms with Gasteiger partial charge in [0.15, 0.2) is 0 Å². The fraction of sp³-hybridized carbons (Fsp3) is 0.475. The molecule has 0 spiro atoms. The molecule has 6 fully saturated rings. The van der Waals surface area contributed by atoms with Crippen LogP contribution in [-0.4, -0.2) is 110 Å². The van der Waals surface area contributed by atoms with Crippen LogP contribution in [0.25, 0.3) is 67.9 Å². The molecule has 6 aliphatic rings. The SMILES string of the molecule is CC1(C)OB(c2ccc(-c3c(-c4ccc(B5OC(C)(C)C(C)(C)O5)o4)c(-c4ccc(B5OC(C)(C)C(C)(C)O5)o4)c(-c4ccc(B5OC(C)(C)C(C)(C)O5)o4)c(-c4ccc(B5OC(C)(C)C(C)(C)O5)o4)c3-c3ccc(B4OC(C)(C)C(C)(C)O4)o3)o2)OC1(C)C.Cc1ccccc1.Cc1ccccc1. The van der Waals surface area contributed by atoms with Crippen LogP contribution in [0.2, 0.25) is 0 Å². The summed E-state index contributed by atoms with van der Waals surface area (Å²) in [6.45, 7) is 52.2. The lowest BCUT2D eigenvalue weighted by molar-refractivity contribution is 0.00578. The smallest absolute Gasteiger partial charge is 0.465 e. The van der Waals surface area contributed by atoms with Gasteiger partial charge in [0.2, 0.25) is 0 Å². The Kier molecular flexibility index (Phi) is 18.9. The van der Waals surface area contributed by atoms with Gasteiger partial charge in [0.1, 0.15) is 68.5 Å². The predicted octanol–water partition coefficient (Wildman–Crippen LogP) is 15.0. The maximum atomic E-state index is 7.26. The van der Waals surface area contributed by atoms with Gasteiger partial charge in [-0.1, -0.05) is 71.8 Å². The summed E-state index contributed by atoms with van der Waals surface area (Å²) < 4.78 is 124. The molecule has 6 saturated heterocycles. The van der Waals surface area contributed by atoms with Crippen LogP contribution in [0, 0.1) is 13.8 Å². The third-order valence-electron chi connectivity index (χ3n) is 23.5. The topological polar surface area (TPSA) is 190 Å². The minimum atomic E-state index is -0.900. The van der Waals surface area contributed by atoms with Crippen molar-refractivity contribution < 1.29 is 82.4 Å². The molecule has 0 amide bonds.